The molecule has 2 atom stereocenters. The first kappa shape index (κ1) is 22.3. The molecule has 3 aromatic rings. The number of aromatic nitrogens is 2. The maximum atomic E-state index is 13.6. The van der Waals surface area contributed by atoms with Gasteiger partial charge < -0.3 is 14.4 Å². The summed E-state index contributed by atoms with van der Waals surface area (Å²) in [6.07, 6.45) is 2.07. The van der Waals surface area contributed by atoms with Crippen LogP contribution in [-0.4, -0.2) is 48.8 Å². The molecule has 1 aliphatic heterocycles. The molecule has 2 unspecified atom stereocenters. The molecule has 0 saturated carbocycles. The van der Waals surface area contributed by atoms with E-state index in [0.717, 1.165) is 31.6 Å². The fraction of sp³-hybridized carbons (Fsp3) is 0.318. The van der Waals surface area contributed by atoms with E-state index in [1.54, 1.807) is 34.4 Å². The number of rotatable bonds is 6. The summed E-state index contributed by atoms with van der Waals surface area (Å²) in [5, 5.41) is 4.73. The largest absolute Gasteiger partial charge is 0.465 e. The number of fused-ring (bicyclic) bond motifs is 1. The number of benzene rings is 2. The minimum atomic E-state index is -2.40. The molecule has 164 valence electrons. The predicted molar refractivity (Wildman–Crippen MR) is 125 cm³/mol. The van der Waals surface area contributed by atoms with Crippen LogP contribution in [0.15, 0.2) is 47.3 Å². The van der Waals surface area contributed by atoms with Gasteiger partial charge in [-0.3, -0.25) is 4.79 Å². The number of alkyl halides is 1. The Balaban J connectivity index is 1.91. The highest BCUT2D eigenvalue weighted by atomic mass is 31.0. The van der Waals surface area contributed by atoms with Crippen LogP contribution in [0.3, 0.4) is 0 Å². The quantitative estimate of drug-likeness (QED) is 0.325. The van der Waals surface area contributed by atoms with Crippen molar-refractivity contribution in [1.82, 2.24) is 9.78 Å². The fourth-order valence-electron chi connectivity index (χ4n) is 3.84. The van der Waals surface area contributed by atoms with E-state index < -0.39 is 16.9 Å². The van der Waals surface area contributed by atoms with E-state index in [1.165, 1.54) is 16.8 Å². The Labute approximate surface area is 188 Å². The van der Waals surface area contributed by atoms with Crippen molar-refractivity contribution in [2.45, 2.75) is 25.3 Å². The van der Waals surface area contributed by atoms with Crippen molar-refractivity contribution in [3.8, 4) is 11.4 Å². The van der Waals surface area contributed by atoms with E-state index >= 15 is 0 Å². The predicted octanol–water partition coefficient (Wildman–Crippen LogP) is 3.17. The topological polar surface area (TPSA) is 73.7 Å². The van der Waals surface area contributed by atoms with Crippen LogP contribution in [0.1, 0.15) is 30.3 Å². The lowest BCUT2D eigenvalue weighted by molar-refractivity contribution is 0.0516. The second-order valence-electron chi connectivity index (χ2n) is 7.47. The first-order valence-corrected chi connectivity index (χ1v) is 10.9. The molecule has 32 heavy (non-hydrogen) atoms. The third kappa shape index (κ3) is 4.48. The van der Waals surface area contributed by atoms with Crippen molar-refractivity contribution in [1.29, 1.82) is 0 Å². The van der Waals surface area contributed by atoms with Crippen LogP contribution in [0.2, 0.25) is 0 Å². The third-order valence-electron chi connectivity index (χ3n) is 5.16. The molecule has 2 radical (unpaired) electrons. The zero-order chi connectivity index (χ0) is 22.9. The first-order valence-electron chi connectivity index (χ1n) is 10.3. The highest BCUT2D eigenvalue weighted by molar-refractivity contribution is 7.21. The normalized spacial score (nSPS) is 15.5. The van der Waals surface area contributed by atoms with Gasteiger partial charge in [-0.25, -0.2) is 13.9 Å². The van der Waals surface area contributed by atoms with Gasteiger partial charge >= 0.3 is 5.97 Å². The van der Waals surface area contributed by atoms with Crippen molar-refractivity contribution in [2.24, 2.45) is 0 Å². The zero-order valence-electron chi connectivity index (χ0n) is 17.6. The molecule has 0 aliphatic carbocycles. The number of hydrogen-bond donors (Lipinski definition) is 0. The zero-order valence-corrected chi connectivity index (χ0v) is 18.7. The number of esters is 1. The van der Waals surface area contributed by atoms with Gasteiger partial charge in [0, 0.05) is 13.1 Å². The number of hydrogen-bond acceptors (Lipinski definition) is 6. The summed E-state index contributed by atoms with van der Waals surface area (Å²) in [7, 11) is 6.99. The van der Waals surface area contributed by atoms with Gasteiger partial charge in [-0.15, -0.1) is 0 Å². The second kappa shape index (κ2) is 8.90. The van der Waals surface area contributed by atoms with Crippen LogP contribution in [0.5, 0.6) is 5.75 Å². The minimum absolute atomic E-state index is 0.122. The van der Waals surface area contributed by atoms with E-state index in [9.17, 15) is 14.0 Å². The summed E-state index contributed by atoms with van der Waals surface area (Å²) in [5.74, 6) is -0.569. The van der Waals surface area contributed by atoms with Crippen molar-refractivity contribution in [2.75, 3.05) is 24.6 Å². The van der Waals surface area contributed by atoms with Crippen LogP contribution in [0.25, 0.3) is 16.6 Å². The Bertz CT molecular complexity index is 1200. The van der Waals surface area contributed by atoms with E-state index in [-0.39, 0.29) is 18.1 Å². The lowest BCUT2D eigenvalue weighted by atomic mass is 10.1. The molecule has 1 saturated heterocycles. The highest BCUT2D eigenvalue weighted by Crippen LogP contribution is 2.29. The molecule has 1 aromatic heterocycles. The average molecular weight is 453 g/mol. The van der Waals surface area contributed by atoms with Crippen molar-refractivity contribution < 1.29 is 18.7 Å². The van der Waals surface area contributed by atoms with Crippen LogP contribution < -0.4 is 15.1 Å². The van der Waals surface area contributed by atoms with Crippen LogP contribution in [0, 0.1) is 0 Å². The Kier molecular flexibility index (Phi) is 6.20. The van der Waals surface area contributed by atoms with Crippen LogP contribution in [-0.2, 0) is 4.74 Å². The molecular weight excluding hydrogens is 431 g/mol. The standard InChI is InChI=1S/C22H22BFN3O4P/c1-2-30-21(29)19-20(28)18-16(26-12-3-4-13-26)6-5-7-17(18)27(25-19)14-8-10-15(11-9-14)31-22(23,24)32/h5-11H,2-4,12-13,32H2,1H3. The molecule has 4 rings (SSSR count). The van der Waals surface area contributed by atoms with Gasteiger partial charge in [0.1, 0.15) is 5.75 Å². The minimum Gasteiger partial charge on any atom is -0.465 e. The fourth-order valence-corrected chi connectivity index (χ4v) is 3.98. The van der Waals surface area contributed by atoms with Gasteiger partial charge in [-0.05, 0) is 56.2 Å². The Morgan fingerprint density at radius 1 is 1.22 bits per heavy atom. The highest BCUT2D eigenvalue weighted by Gasteiger charge is 2.24. The first-order chi connectivity index (χ1) is 15.3. The Hall–Kier alpha value is -2.93. The number of anilines is 1. The lowest BCUT2D eigenvalue weighted by Crippen LogP contribution is -2.27. The molecule has 0 spiro atoms. The molecular formula is C22H22BFN3O4P. The maximum Gasteiger partial charge on any atom is 0.362 e. The number of halogens is 1. The number of carbonyl (C=O) groups excluding carboxylic acids is 1. The number of nitrogens with zero attached hydrogens (tertiary/aromatic N) is 3. The van der Waals surface area contributed by atoms with Gasteiger partial charge in [0.05, 0.1) is 28.9 Å². The van der Waals surface area contributed by atoms with E-state index in [0.29, 0.717) is 16.6 Å². The van der Waals surface area contributed by atoms with Crippen molar-refractivity contribution in [3.63, 3.8) is 0 Å². The maximum absolute atomic E-state index is 13.6. The number of ether oxygens (including phenoxy) is 2. The monoisotopic (exact) mass is 453 g/mol. The van der Waals surface area contributed by atoms with Gasteiger partial charge in [0.25, 0.3) is 0 Å². The third-order valence-corrected chi connectivity index (χ3v) is 5.28. The van der Waals surface area contributed by atoms with Gasteiger partial charge in [0.15, 0.2) is 7.85 Å². The SMILES string of the molecule is [B]C(F)(P)Oc1ccc(-n2nc(C(=O)OCC)c(=O)c3c(N4CCCC4)cccc32)cc1. The van der Waals surface area contributed by atoms with E-state index in [4.69, 9.17) is 17.3 Å². The van der Waals surface area contributed by atoms with Gasteiger partial charge in [-0.2, -0.15) is 5.10 Å². The summed E-state index contributed by atoms with van der Waals surface area (Å²) in [5.41, 5.74) is -1.29. The van der Waals surface area contributed by atoms with E-state index in [1.807, 2.05) is 12.1 Å². The summed E-state index contributed by atoms with van der Waals surface area (Å²) in [6.45, 7) is 3.46. The van der Waals surface area contributed by atoms with Crippen molar-refractivity contribution in [3.05, 3.63) is 58.4 Å². The molecule has 2 aromatic carbocycles. The molecule has 2 heterocycles. The summed E-state index contributed by atoms with van der Waals surface area (Å²) in [6, 6.07) is 11.8. The molecule has 0 amide bonds. The lowest BCUT2D eigenvalue weighted by Gasteiger charge is -2.21. The van der Waals surface area contributed by atoms with Crippen LogP contribution in [0.4, 0.5) is 10.1 Å². The van der Waals surface area contributed by atoms with Crippen LogP contribution >= 0.6 is 9.24 Å². The number of carbonyl (C=O) groups is 1. The van der Waals surface area contributed by atoms with Crippen molar-refractivity contribution >= 4 is 39.6 Å². The molecule has 10 heteroatoms. The summed E-state index contributed by atoms with van der Waals surface area (Å²) >= 11 is 0. The summed E-state index contributed by atoms with van der Waals surface area (Å²) in [4.78, 5) is 28.0. The Morgan fingerprint density at radius 3 is 2.53 bits per heavy atom. The molecule has 0 bridgehead atoms. The average Bonchev–Trinajstić information content (AvgIpc) is 3.28. The van der Waals surface area contributed by atoms with E-state index in [2.05, 4.69) is 10.00 Å². The van der Waals surface area contributed by atoms with Gasteiger partial charge in [0.2, 0.25) is 16.6 Å². The van der Waals surface area contributed by atoms with Gasteiger partial charge in [-0.1, -0.05) is 15.3 Å². The second-order valence-corrected chi connectivity index (χ2v) is 8.26. The Morgan fingerprint density at radius 2 is 1.91 bits per heavy atom. The molecule has 1 fully saturated rings. The smallest absolute Gasteiger partial charge is 0.362 e. The summed E-state index contributed by atoms with van der Waals surface area (Å²) < 4.78 is 25.2. The molecule has 0 N–H and O–H groups in total. The molecule has 7 nitrogen and oxygen atoms in total. The molecule has 1 aliphatic rings.